The Bertz CT molecular complexity index is 251. The van der Waals surface area contributed by atoms with E-state index in [1.807, 2.05) is 14.0 Å². The highest BCUT2D eigenvalue weighted by Gasteiger charge is 2.18. The molecule has 0 saturated carbocycles. The summed E-state index contributed by atoms with van der Waals surface area (Å²) < 4.78 is 5.98. The highest BCUT2D eigenvalue weighted by atomic mass is 16.5. The van der Waals surface area contributed by atoms with Gasteiger partial charge in [0, 0.05) is 12.5 Å². The molecule has 0 saturated heterocycles. The number of ether oxygens (including phenoxy) is 1. The van der Waals surface area contributed by atoms with Gasteiger partial charge in [-0.2, -0.15) is 0 Å². The molecule has 3 heteroatoms. The van der Waals surface area contributed by atoms with Crippen molar-refractivity contribution in [2.75, 3.05) is 20.2 Å². The highest BCUT2D eigenvalue weighted by molar-refractivity contribution is 5.77. The zero-order chi connectivity index (χ0) is 15.4. The fourth-order valence-electron chi connectivity index (χ4n) is 2.22. The van der Waals surface area contributed by atoms with Crippen LogP contribution in [-0.4, -0.2) is 31.6 Å². The SMILES string of the molecule is CNCCCCCCOC(C)(C)CCCC(C)C(C)=O. The summed E-state index contributed by atoms with van der Waals surface area (Å²) in [5, 5.41) is 3.17. The fourth-order valence-corrected chi connectivity index (χ4v) is 2.22. The number of hydrogen-bond acceptors (Lipinski definition) is 3. The number of rotatable bonds is 13. The summed E-state index contributed by atoms with van der Waals surface area (Å²) in [4.78, 5) is 11.2. The molecule has 0 bridgehead atoms. The van der Waals surface area contributed by atoms with Gasteiger partial charge in [0.25, 0.3) is 0 Å². The van der Waals surface area contributed by atoms with Crippen LogP contribution in [0.4, 0.5) is 0 Å². The van der Waals surface area contributed by atoms with Gasteiger partial charge in [0.2, 0.25) is 0 Å². The van der Waals surface area contributed by atoms with Crippen LogP contribution in [0.15, 0.2) is 0 Å². The van der Waals surface area contributed by atoms with Crippen molar-refractivity contribution in [2.45, 2.75) is 78.2 Å². The Labute approximate surface area is 125 Å². The summed E-state index contributed by atoms with van der Waals surface area (Å²) in [6, 6.07) is 0. The van der Waals surface area contributed by atoms with E-state index in [0.29, 0.717) is 5.78 Å². The topological polar surface area (TPSA) is 38.3 Å². The molecule has 1 N–H and O–H groups in total. The van der Waals surface area contributed by atoms with Gasteiger partial charge in [0.1, 0.15) is 5.78 Å². The van der Waals surface area contributed by atoms with E-state index >= 15 is 0 Å². The van der Waals surface area contributed by atoms with Crippen LogP contribution in [0, 0.1) is 5.92 Å². The van der Waals surface area contributed by atoms with Crippen molar-refractivity contribution in [1.29, 1.82) is 0 Å². The number of Topliss-reactive ketones (excluding diaryl/α,β-unsaturated/α-hetero) is 1. The summed E-state index contributed by atoms with van der Waals surface area (Å²) in [7, 11) is 2.00. The van der Waals surface area contributed by atoms with Crippen LogP contribution in [0.5, 0.6) is 0 Å². The molecule has 0 rings (SSSR count). The predicted molar refractivity (Wildman–Crippen MR) is 86.1 cm³/mol. The maximum atomic E-state index is 11.2. The third kappa shape index (κ3) is 11.4. The average Bonchev–Trinajstić information content (AvgIpc) is 2.37. The summed E-state index contributed by atoms with van der Waals surface area (Å²) in [5.41, 5.74) is -0.0541. The minimum Gasteiger partial charge on any atom is -0.376 e. The zero-order valence-electron chi connectivity index (χ0n) is 14.3. The second-order valence-corrected chi connectivity index (χ2v) is 6.53. The van der Waals surface area contributed by atoms with Crippen LogP contribution in [0.3, 0.4) is 0 Å². The van der Waals surface area contributed by atoms with Crippen molar-refractivity contribution in [1.82, 2.24) is 5.32 Å². The zero-order valence-corrected chi connectivity index (χ0v) is 14.3. The number of unbranched alkanes of at least 4 members (excludes halogenated alkanes) is 3. The normalized spacial score (nSPS) is 13.4. The van der Waals surface area contributed by atoms with Gasteiger partial charge in [0.15, 0.2) is 0 Å². The molecular formula is C17H35NO2. The first-order valence-corrected chi connectivity index (χ1v) is 8.18. The van der Waals surface area contributed by atoms with E-state index in [4.69, 9.17) is 4.74 Å². The number of carbonyl (C=O) groups is 1. The van der Waals surface area contributed by atoms with E-state index in [0.717, 1.165) is 38.8 Å². The molecule has 0 aromatic heterocycles. The first-order valence-electron chi connectivity index (χ1n) is 8.18. The molecule has 0 heterocycles. The Kier molecular flexibility index (Phi) is 11.0. The van der Waals surface area contributed by atoms with Gasteiger partial charge in [0.05, 0.1) is 5.60 Å². The maximum absolute atomic E-state index is 11.2. The van der Waals surface area contributed by atoms with Crippen molar-refractivity contribution in [3.05, 3.63) is 0 Å². The number of hydrogen-bond donors (Lipinski definition) is 1. The van der Waals surface area contributed by atoms with E-state index < -0.39 is 0 Å². The molecule has 1 atom stereocenters. The second kappa shape index (κ2) is 11.3. The third-order valence-electron chi connectivity index (χ3n) is 3.92. The van der Waals surface area contributed by atoms with Gasteiger partial charge in [-0.25, -0.2) is 0 Å². The Hall–Kier alpha value is -0.410. The van der Waals surface area contributed by atoms with E-state index in [9.17, 15) is 4.79 Å². The van der Waals surface area contributed by atoms with Crippen LogP contribution in [0.1, 0.15) is 72.6 Å². The Morgan fingerprint density at radius 2 is 1.80 bits per heavy atom. The van der Waals surface area contributed by atoms with E-state index in [-0.39, 0.29) is 11.5 Å². The molecule has 120 valence electrons. The third-order valence-corrected chi connectivity index (χ3v) is 3.92. The standard InChI is InChI=1S/C17H35NO2/c1-15(16(2)19)11-10-12-17(3,4)20-14-9-7-6-8-13-18-5/h15,18H,6-14H2,1-5H3. The smallest absolute Gasteiger partial charge is 0.132 e. The van der Waals surface area contributed by atoms with Crippen molar-refractivity contribution < 1.29 is 9.53 Å². The summed E-state index contributed by atoms with van der Waals surface area (Å²) in [6.07, 6.45) is 8.01. The monoisotopic (exact) mass is 285 g/mol. The van der Waals surface area contributed by atoms with Crippen LogP contribution in [0.2, 0.25) is 0 Å². The molecule has 0 aliphatic heterocycles. The van der Waals surface area contributed by atoms with Gasteiger partial charge >= 0.3 is 0 Å². The number of carbonyl (C=O) groups excluding carboxylic acids is 1. The molecule has 1 unspecified atom stereocenters. The van der Waals surface area contributed by atoms with Crippen LogP contribution < -0.4 is 5.32 Å². The van der Waals surface area contributed by atoms with Gasteiger partial charge in [-0.3, -0.25) is 4.79 Å². The largest absolute Gasteiger partial charge is 0.376 e. The second-order valence-electron chi connectivity index (χ2n) is 6.53. The fraction of sp³-hybridized carbons (Fsp3) is 0.941. The van der Waals surface area contributed by atoms with E-state index in [1.54, 1.807) is 6.92 Å². The molecule has 0 aliphatic rings. The molecule has 0 aromatic rings. The molecule has 0 radical (unpaired) electrons. The van der Waals surface area contributed by atoms with Crippen molar-refractivity contribution >= 4 is 5.78 Å². The molecule has 20 heavy (non-hydrogen) atoms. The van der Waals surface area contributed by atoms with Crippen LogP contribution in [-0.2, 0) is 9.53 Å². The summed E-state index contributed by atoms with van der Waals surface area (Å²) in [5.74, 6) is 0.489. The van der Waals surface area contributed by atoms with Gasteiger partial charge in [-0.15, -0.1) is 0 Å². The Morgan fingerprint density at radius 1 is 1.15 bits per heavy atom. The Morgan fingerprint density at radius 3 is 2.40 bits per heavy atom. The minimum atomic E-state index is -0.0541. The van der Waals surface area contributed by atoms with E-state index in [1.165, 1.54) is 19.3 Å². The van der Waals surface area contributed by atoms with Gasteiger partial charge in [-0.1, -0.05) is 19.8 Å². The maximum Gasteiger partial charge on any atom is 0.132 e. The minimum absolute atomic E-state index is 0.0541. The molecule has 3 nitrogen and oxygen atoms in total. The Balaban J connectivity index is 3.56. The molecule has 0 fully saturated rings. The lowest BCUT2D eigenvalue weighted by molar-refractivity contribution is -0.120. The van der Waals surface area contributed by atoms with E-state index in [2.05, 4.69) is 19.2 Å². The first kappa shape index (κ1) is 19.6. The van der Waals surface area contributed by atoms with Gasteiger partial charge < -0.3 is 10.1 Å². The molecule has 0 aromatic carbocycles. The van der Waals surface area contributed by atoms with Crippen molar-refractivity contribution in [3.8, 4) is 0 Å². The van der Waals surface area contributed by atoms with Crippen molar-refractivity contribution in [3.63, 3.8) is 0 Å². The highest BCUT2D eigenvalue weighted by Crippen LogP contribution is 2.21. The lowest BCUT2D eigenvalue weighted by Crippen LogP contribution is -2.25. The molecular weight excluding hydrogens is 250 g/mol. The molecule has 0 aliphatic carbocycles. The lowest BCUT2D eigenvalue weighted by Gasteiger charge is -2.26. The van der Waals surface area contributed by atoms with Gasteiger partial charge in [-0.05, 0) is 66.5 Å². The van der Waals surface area contributed by atoms with Crippen molar-refractivity contribution in [2.24, 2.45) is 5.92 Å². The first-order chi connectivity index (χ1) is 9.39. The summed E-state index contributed by atoms with van der Waals surface area (Å²) >= 11 is 0. The van der Waals surface area contributed by atoms with Crippen LogP contribution in [0.25, 0.3) is 0 Å². The number of nitrogens with one attached hydrogen (secondary N) is 1. The molecule has 0 amide bonds. The quantitative estimate of drug-likeness (QED) is 0.521. The summed E-state index contributed by atoms with van der Waals surface area (Å²) in [6.45, 7) is 9.98. The molecule has 0 spiro atoms. The lowest BCUT2D eigenvalue weighted by atomic mass is 9.95. The number of ketones is 1. The average molecular weight is 285 g/mol. The predicted octanol–water partition coefficient (Wildman–Crippen LogP) is 3.96. The van der Waals surface area contributed by atoms with Crippen LogP contribution >= 0.6 is 0 Å².